The molecule has 0 aliphatic rings. The van der Waals surface area contributed by atoms with Crippen molar-refractivity contribution in [2.45, 2.75) is 10.6 Å². The van der Waals surface area contributed by atoms with E-state index in [0.717, 1.165) is 0 Å². The van der Waals surface area contributed by atoms with Crippen molar-refractivity contribution in [2.75, 3.05) is 0 Å². The van der Waals surface area contributed by atoms with Crippen LogP contribution in [-0.4, -0.2) is 4.21 Å². The lowest BCUT2D eigenvalue weighted by Gasteiger charge is -2.04. The van der Waals surface area contributed by atoms with E-state index in [9.17, 15) is 13.0 Å². The van der Waals surface area contributed by atoms with Gasteiger partial charge in [0.2, 0.25) is 0 Å². The van der Waals surface area contributed by atoms with Crippen molar-refractivity contribution in [1.82, 2.24) is 0 Å². The van der Waals surface area contributed by atoms with Crippen LogP contribution in [0.4, 0.5) is 8.78 Å². The molecule has 0 heterocycles. The van der Waals surface area contributed by atoms with Crippen molar-refractivity contribution in [1.29, 1.82) is 0 Å². The second kappa shape index (κ2) is 5.59. The Morgan fingerprint density at radius 3 is 2.44 bits per heavy atom. The molecule has 0 radical (unpaired) electrons. The predicted octanol–water partition coefficient (Wildman–Crippen LogP) is 3.93. The predicted molar refractivity (Wildman–Crippen MR) is 67.9 cm³/mol. The summed E-state index contributed by atoms with van der Waals surface area (Å²) in [6.45, 7) is 0. The van der Waals surface area contributed by atoms with E-state index in [-0.39, 0.29) is 15.7 Å². The molecule has 1 unspecified atom stereocenters. The summed E-state index contributed by atoms with van der Waals surface area (Å²) in [6, 6.07) is 10.0. The van der Waals surface area contributed by atoms with Crippen LogP contribution in [-0.2, 0) is 16.6 Å². The molecule has 0 fully saturated rings. The van der Waals surface area contributed by atoms with Crippen LogP contribution in [0.2, 0.25) is 5.02 Å². The molecule has 2 aromatic rings. The maximum atomic E-state index is 13.4. The lowest BCUT2D eigenvalue weighted by molar-refractivity contribution is 0.595. The summed E-state index contributed by atoms with van der Waals surface area (Å²) in [4.78, 5) is 0.118. The van der Waals surface area contributed by atoms with Crippen molar-refractivity contribution in [3.05, 3.63) is 64.7 Å². The topological polar surface area (TPSA) is 17.1 Å². The highest BCUT2D eigenvalue weighted by Crippen LogP contribution is 2.19. The van der Waals surface area contributed by atoms with E-state index in [0.29, 0.717) is 5.56 Å². The van der Waals surface area contributed by atoms with Crippen molar-refractivity contribution < 1.29 is 13.0 Å². The van der Waals surface area contributed by atoms with Gasteiger partial charge in [-0.25, -0.2) is 8.78 Å². The van der Waals surface area contributed by atoms with Gasteiger partial charge in [0.05, 0.1) is 26.5 Å². The number of halogens is 3. The summed E-state index contributed by atoms with van der Waals surface area (Å²) in [6.07, 6.45) is 0. The van der Waals surface area contributed by atoms with Crippen molar-refractivity contribution in [3.63, 3.8) is 0 Å². The van der Waals surface area contributed by atoms with Gasteiger partial charge in [-0.15, -0.1) is 0 Å². The molecule has 0 bridgehead atoms. The highest BCUT2D eigenvalue weighted by atomic mass is 35.5. The first-order chi connectivity index (χ1) is 8.58. The third kappa shape index (κ3) is 2.94. The Kier molecular flexibility index (Phi) is 4.09. The highest BCUT2D eigenvalue weighted by molar-refractivity contribution is 7.84. The molecule has 18 heavy (non-hydrogen) atoms. The Balaban J connectivity index is 2.22. The molecule has 1 atom stereocenters. The molecule has 1 nitrogen and oxygen atoms in total. The van der Waals surface area contributed by atoms with Crippen LogP contribution in [0, 0.1) is 11.6 Å². The molecule has 0 amide bonds. The molecule has 5 heteroatoms. The fraction of sp³-hybridized carbons (Fsp3) is 0.0769. The van der Waals surface area contributed by atoms with Crippen LogP contribution in [0.5, 0.6) is 0 Å². The molecule has 2 rings (SSSR count). The quantitative estimate of drug-likeness (QED) is 0.836. The maximum Gasteiger partial charge on any atom is 0.142 e. The summed E-state index contributed by atoms with van der Waals surface area (Å²) in [5.41, 5.74) is 0.512. The van der Waals surface area contributed by atoms with E-state index < -0.39 is 22.4 Å². The van der Waals surface area contributed by atoms with Gasteiger partial charge in [0.15, 0.2) is 0 Å². The molecule has 0 saturated heterocycles. The van der Waals surface area contributed by atoms with Gasteiger partial charge in [-0.05, 0) is 29.8 Å². The summed E-state index contributed by atoms with van der Waals surface area (Å²) < 4.78 is 38.6. The number of benzene rings is 2. The molecule has 0 spiro atoms. The van der Waals surface area contributed by atoms with Gasteiger partial charge >= 0.3 is 0 Å². The van der Waals surface area contributed by atoms with Crippen LogP contribution in [0.1, 0.15) is 5.56 Å². The zero-order valence-electron chi connectivity index (χ0n) is 9.20. The Bertz CT molecular complexity index is 601. The minimum atomic E-state index is -1.55. The maximum absolute atomic E-state index is 13.4. The molecular weight excluding hydrogens is 278 g/mol. The van der Waals surface area contributed by atoms with Gasteiger partial charge in [-0.1, -0.05) is 29.8 Å². The summed E-state index contributed by atoms with van der Waals surface area (Å²) in [7, 11) is -1.55. The summed E-state index contributed by atoms with van der Waals surface area (Å²) in [5.74, 6) is -1.04. The SMILES string of the molecule is O=S(Cc1ccc(Cl)c(F)c1)c1ccccc1F. The Hall–Kier alpha value is -1.26. The van der Waals surface area contributed by atoms with Gasteiger partial charge in [-0.2, -0.15) is 0 Å². The van der Waals surface area contributed by atoms with Crippen LogP contribution in [0.25, 0.3) is 0 Å². The molecule has 0 aromatic heterocycles. The minimum Gasteiger partial charge on any atom is -0.254 e. The van der Waals surface area contributed by atoms with Crippen LogP contribution >= 0.6 is 11.6 Å². The number of rotatable bonds is 3. The first-order valence-corrected chi connectivity index (χ1v) is 6.84. The average molecular weight is 287 g/mol. The van der Waals surface area contributed by atoms with Gasteiger partial charge < -0.3 is 0 Å². The molecule has 94 valence electrons. The van der Waals surface area contributed by atoms with Crippen molar-refractivity contribution >= 4 is 22.4 Å². The fourth-order valence-electron chi connectivity index (χ4n) is 1.49. The van der Waals surface area contributed by atoms with E-state index in [4.69, 9.17) is 11.6 Å². The largest absolute Gasteiger partial charge is 0.254 e. The number of hydrogen-bond donors (Lipinski definition) is 0. The lowest BCUT2D eigenvalue weighted by Crippen LogP contribution is -1.99. The molecule has 0 aliphatic heterocycles. The van der Waals surface area contributed by atoms with Gasteiger partial charge in [0.1, 0.15) is 11.6 Å². The second-order valence-electron chi connectivity index (χ2n) is 3.67. The van der Waals surface area contributed by atoms with Gasteiger partial charge in [0.25, 0.3) is 0 Å². The van der Waals surface area contributed by atoms with Gasteiger partial charge in [-0.3, -0.25) is 4.21 Å². The number of hydrogen-bond acceptors (Lipinski definition) is 1. The van der Waals surface area contributed by atoms with E-state index in [1.165, 1.54) is 30.3 Å². The first-order valence-electron chi connectivity index (χ1n) is 5.15. The van der Waals surface area contributed by atoms with E-state index in [1.807, 2.05) is 0 Å². The molecule has 2 aromatic carbocycles. The zero-order valence-corrected chi connectivity index (χ0v) is 10.8. The summed E-state index contributed by atoms with van der Waals surface area (Å²) in [5, 5.41) is 0.00965. The van der Waals surface area contributed by atoms with Crippen LogP contribution in [0.15, 0.2) is 47.4 Å². The molecular formula is C13H9ClF2OS. The second-order valence-corrected chi connectivity index (χ2v) is 5.50. The lowest BCUT2D eigenvalue weighted by atomic mass is 10.2. The fourth-order valence-corrected chi connectivity index (χ4v) is 2.76. The third-order valence-corrected chi connectivity index (χ3v) is 4.09. The standard InChI is InChI=1S/C13H9ClF2OS/c14-10-6-5-9(7-12(10)16)8-18(17)13-4-2-1-3-11(13)15/h1-7H,8H2. The van der Waals surface area contributed by atoms with Crippen molar-refractivity contribution in [2.24, 2.45) is 0 Å². The van der Waals surface area contributed by atoms with Crippen molar-refractivity contribution in [3.8, 4) is 0 Å². The van der Waals surface area contributed by atoms with Crippen LogP contribution < -0.4 is 0 Å². The van der Waals surface area contributed by atoms with E-state index >= 15 is 0 Å². The first kappa shape index (κ1) is 13.2. The van der Waals surface area contributed by atoms with Crippen LogP contribution in [0.3, 0.4) is 0 Å². The highest BCUT2D eigenvalue weighted by Gasteiger charge is 2.11. The smallest absolute Gasteiger partial charge is 0.142 e. The molecule has 0 aliphatic carbocycles. The third-order valence-electron chi connectivity index (χ3n) is 2.36. The van der Waals surface area contributed by atoms with E-state index in [2.05, 4.69) is 0 Å². The zero-order chi connectivity index (χ0) is 13.1. The average Bonchev–Trinajstić information content (AvgIpc) is 2.34. The monoisotopic (exact) mass is 286 g/mol. The molecule has 0 saturated carbocycles. The Labute approximate surface area is 111 Å². The normalized spacial score (nSPS) is 12.4. The van der Waals surface area contributed by atoms with Gasteiger partial charge in [0, 0.05) is 0 Å². The Morgan fingerprint density at radius 2 is 1.78 bits per heavy atom. The Morgan fingerprint density at radius 1 is 1.06 bits per heavy atom. The molecule has 0 N–H and O–H groups in total. The minimum absolute atomic E-state index is 0.00965. The van der Waals surface area contributed by atoms with E-state index in [1.54, 1.807) is 12.1 Å². The summed E-state index contributed by atoms with van der Waals surface area (Å²) >= 11 is 5.55.